The maximum Gasteiger partial charge on any atom is 0.257 e. The number of nitrogens with two attached hydrogens (primary N) is 1. The third kappa shape index (κ3) is 3.53. The van der Waals surface area contributed by atoms with Crippen molar-refractivity contribution in [2.24, 2.45) is 0 Å². The number of anilines is 2. The lowest BCUT2D eigenvalue weighted by atomic mass is 10.1. The summed E-state index contributed by atoms with van der Waals surface area (Å²) in [5, 5.41) is 4.02. The van der Waals surface area contributed by atoms with E-state index in [4.69, 9.17) is 40.5 Å². The summed E-state index contributed by atoms with van der Waals surface area (Å²) in [5.74, 6) is -0.354. The molecule has 0 aliphatic heterocycles. The van der Waals surface area contributed by atoms with Crippen LogP contribution in [-0.2, 0) is 0 Å². The second kappa shape index (κ2) is 5.70. The van der Waals surface area contributed by atoms with Crippen LogP contribution in [0.15, 0.2) is 36.4 Å². The SMILES string of the molecule is Nc1cc(Cl)ccc1C(=O)Nc1cc(Cl)cc(Cl)c1. The third-order valence-corrected chi connectivity index (χ3v) is 3.05. The summed E-state index contributed by atoms with van der Waals surface area (Å²) in [5.41, 5.74) is 6.87. The van der Waals surface area contributed by atoms with Gasteiger partial charge >= 0.3 is 0 Å². The zero-order valence-electron chi connectivity index (χ0n) is 9.58. The molecule has 19 heavy (non-hydrogen) atoms. The van der Waals surface area contributed by atoms with Gasteiger partial charge in [-0.25, -0.2) is 0 Å². The van der Waals surface area contributed by atoms with Crippen molar-refractivity contribution in [3.63, 3.8) is 0 Å². The van der Waals surface area contributed by atoms with Gasteiger partial charge in [-0.15, -0.1) is 0 Å². The Kier molecular flexibility index (Phi) is 4.20. The highest BCUT2D eigenvalue weighted by molar-refractivity contribution is 6.35. The molecule has 0 fully saturated rings. The summed E-state index contributed by atoms with van der Waals surface area (Å²) in [4.78, 5) is 12.0. The number of carbonyl (C=O) groups excluding carboxylic acids is 1. The number of carbonyl (C=O) groups is 1. The highest BCUT2D eigenvalue weighted by Gasteiger charge is 2.11. The fourth-order valence-corrected chi connectivity index (χ4v) is 2.27. The van der Waals surface area contributed by atoms with E-state index in [0.717, 1.165) is 0 Å². The maximum absolute atomic E-state index is 12.0. The van der Waals surface area contributed by atoms with Crippen LogP contribution < -0.4 is 11.1 Å². The van der Waals surface area contributed by atoms with Crippen LogP contribution in [0.5, 0.6) is 0 Å². The fourth-order valence-electron chi connectivity index (χ4n) is 1.56. The molecule has 0 aliphatic rings. The predicted molar refractivity (Wildman–Crippen MR) is 80.3 cm³/mol. The second-order valence-corrected chi connectivity index (χ2v) is 5.15. The molecule has 0 saturated heterocycles. The van der Waals surface area contributed by atoms with E-state index in [1.807, 2.05) is 0 Å². The molecule has 0 bridgehead atoms. The molecule has 1 amide bonds. The normalized spacial score (nSPS) is 10.3. The Labute approximate surface area is 125 Å². The first-order chi connectivity index (χ1) is 8.95. The van der Waals surface area contributed by atoms with E-state index < -0.39 is 0 Å². The van der Waals surface area contributed by atoms with E-state index in [2.05, 4.69) is 5.32 Å². The van der Waals surface area contributed by atoms with Gasteiger partial charge in [-0.3, -0.25) is 4.79 Å². The van der Waals surface area contributed by atoms with Crippen LogP contribution >= 0.6 is 34.8 Å². The van der Waals surface area contributed by atoms with Crippen LogP contribution in [0.25, 0.3) is 0 Å². The molecule has 98 valence electrons. The average Bonchev–Trinajstić information content (AvgIpc) is 2.26. The van der Waals surface area contributed by atoms with Crippen molar-refractivity contribution in [1.29, 1.82) is 0 Å². The summed E-state index contributed by atoms with van der Waals surface area (Å²) in [6, 6.07) is 9.43. The van der Waals surface area contributed by atoms with Crippen molar-refractivity contribution in [2.75, 3.05) is 11.1 Å². The summed E-state index contributed by atoms with van der Waals surface area (Å²) >= 11 is 17.5. The minimum atomic E-state index is -0.354. The molecular weight excluding hydrogens is 307 g/mol. The van der Waals surface area contributed by atoms with E-state index in [9.17, 15) is 4.79 Å². The van der Waals surface area contributed by atoms with Gasteiger partial charge < -0.3 is 11.1 Å². The van der Waals surface area contributed by atoms with Gasteiger partial charge in [0, 0.05) is 26.4 Å². The Balaban J connectivity index is 2.25. The number of nitrogens with one attached hydrogen (secondary N) is 1. The number of amides is 1. The van der Waals surface area contributed by atoms with Crippen molar-refractivity contribution in [3.8, 4) is 0 Å². The number of benzene rings is 2. The Bertz CT molecular complexity index is 624. The van der Waals surface area contributed by atoms with Gasteiger partial charge in [0.25, 0.3) is 5.91 Å². The van der Waals surface area contributed by atoms with Gasteiger partial charge in [0.2, 0.25) is 0 Å². The van der Waals surface area contributed by atoms with Crippen molar-refractivity contribution in [2.45, 2.75) is 0 Å². The van der Waals surface area contributed by atoms with Crippen molar-refractivity contribution < 1.29 is 4.79 Å². The standard InChI is InChI=1S/C13H9Cl3N2O/c14-7-1-2-11(12(17)6-7)13(19)18-10-4-8(15)3-9(16)5-10/h1-6H,17H2,(H,18,19). The first kappa shape index (κ1) is 14.0. The Morgan fingerprint density at radius 3 is 2.16 bits per heavy atom. The molecule has 2 aromatic rings. The third-order valence-electron chi connectivity index (χ3n) is 2.38. The van der Waals surface area contributed by atoms with Gasteiger partial charge in [-0.05, 0) is 36.4 Å². The molecule has 0 heterocycles. The predicted octanol–water partition coefficient (Wildman–Crippen LogP) is 4.48. The molecule has 2 aromatic carbocycles. The van der Waals surface area contributed by atoms with Crippen LogP contribution in [0, 0.1) is 0 Å². The highest BCUT2D eigenvalue weighted by atomic mass is 35.5. The molecule has 0 radical (unpaired) electrons. The lowest BCUT2D eigenvalue weighted by molar-refractivity contribution is 0.102. The van der Waals surface area contributed by atoms with Gasteiger partial charge in [0.05, 0.1) is 5.56 Å². The second-order valence-electron chi connectivity index (χ2n) is 3.84. The van der Waals surface area contributed by atoms with Crippen LogP contribution in [0.3, 0.4) is 0 Å². The molecule has 0 aliphatic carbocycles. The molecule has 2 rings (SSSR count). The van der Waals surface area contributed by atoms with Gasteiger partial charge in [-0.1, -0.05) is 34.8 Å². The monoisotopic (exact) mass is 314 g/mol. The molecule has 6 heteroatoms. The number of hydrogen-bond acceptors (Lipinski definition) is 2. The Morgan fingerprint density at radius 1 is 0.947 bits per heavy atom. The Morgan fingerprint density at radius 2 is 1.58 bits per heavy atom. The number of hydrogen-bond donors (Lipinski definition) is 2. The zero-order chi connectivity index (χ0) is 14.0. The van der Waals surface area contributed by atoms with Crippen LogP contribution in [-0.4, -0.2) is 5.91 Å². The fraction of sp³-hybridized carbons (Fsp3) is 0. The first-order valence-corrected chi connectivity index (χ1v) is 6.41. The van der Waals surface area contributed by atoms with E-state index in [0.29, 0.717) is 32.0 Å². The summed E-state index contributed by atoms with van der Waals surface area (Å²) in [7, 11) is 0. The molecule has 0 saturated carbocycles. The molecule has 3 nitrogen and oxygen atoms in total. The minimum absolute atomic E-state index is 0.304. The quantitative estimate of drug-likeness (QED) is 0.803. The highest BCUT2D eigenvalue weighted by Crippen LogP contribution is 2.24. The lowest BCUT2D eigenvalue weighted by Gasteiger charge is -2.08. The summed E-state index contributed by atoms with van der Waals surface area (Å²) in [6.07, 6.45) is 0. The molecule has 0 atom stereocenters. The number of rotatable bonds is 2. The smallest absolute Gasteiger partial charge is 0.257 e. The van der Waals surface area contributed by atoms with Crippen molar-refractivity contribution in [3.05, 3.63) is 57.0 Å². The van der Waals surface area contributed by atoms with E-state index in [1.165, 1.54) is 6.07 Å². The average molecular weight is 316 g/mol. The number of halogens is 3. The van der Waals surface area contributed by atoms with Crippen LogP contribution in [0.1, 0.15) is 10.4 Å². The molecule has 0 spiro atoms. The van der Waals surface area contributed by atoms with Gasteiger partial charge in [0.1, 0.15) is 0 Å². The van der Waals surface area contributed by atoms with Crippen LogP contribution in [0.2, 0.25) is 15.1 Å². The van der Waals surface area contributed by atoms with Crippen molar-refractivity contribution >= 4 is 52.1 Å². The minimum Gasteiger partial charge on any atom is -0.398 e. The number of nitrogen functional groups attached to an aromatic ring is 1. The van der Waals surface area contributed by atoms with Crippen LogP contribution in [0.4, 0.5) is 11.4 Å². The first-order valence-electron chi connectivity index (χ1n) is 5.28. The summed E-state index contributed by atoms with van der Waals surface area (Å²) < 4.78 is 0. The Hall–Kier alpha value is -1.42. The molecular formula is C13H9Cl3N2O. The van der Waals surface area contributed by atoms with E-state index in [1.54, 1.807) is 30.3 Å². The largest absolute Gasteiger partial charge is 0.398 e. The molecule has 0 aromatic heterocycles. The summed E-state index contributed by atoms with van der Waals surface area (Å²) in [6.45, 7) is 0. The lowest BCUT2D eigenvalue weighted by Crippen LogP contribution is -2.13. The van der Waals surface area contributed by atoms with E-state index >= 15 is 0 Å². The van der Waals surface area contributed by atoms with E-state index in [-0.39, 0.29) is 5.91 Å². The molecule has 3 N–H and O–H groups in total. The van der Waals surface area contributed by atoms with Gasteiger partial charge in [0.15, 0.2) is 0 Å². The maximum atomic E-state index is 12.0. The molecule has 0 unspecified atom stereocenters. The topological polar surface area (TPSA) is 55.1 Å². The zero-order valence-corrected chi connectivity index (χ0v) is 11.9. The van der Waals surface area contributed by atoms with Gasteiger partial charge in [-0.2, -0.15) is 0 Å². The van der Waals surface area contributed by atoms with Crippen molar-refractivity contribution in [1.82, 2.24) is 0 Å².